The summed E-state index contributed by atoms with van der Waals surface area (Å²) in [4.78, 5) is 35.7. The van der Waals surface area contributed by atoms with Crippen LogP contribution in [0.25, 0.3) is 0 Å². The monoisotopic (exact) mass is 356 g/mol. The van der Waals surface area contributed by atoms with Gasteiger partial charge in [-0.1, -0.05) is 30.3 Å². The van der Waals surface area contributed by atoms with Gasteiger partial charge in [0.25, 0.3) is 5.91 Å². The molecule has 0 saturated carbocycles. The van der Waals surface area contributed by atoms with Crippen LogP contribution in [-0.2, 0) is 9.53 Å². The molecular weight excluding hydrogens is 336 g/mol. The van der Waals surface area contributed by atoms with Gasteiger partial charge in [-0.2, -0.15) is 0 Å². The second-order valence-electron chi connectivity index (χ2n) is 5.31. The average molecular weight is 356 g/mol. The fourth-order valence-electron chi connectivity index (χ4n) is 2.04. The summed E-state index contributed by atoms with van der Waals surface area (Å²) in [5.74, 6) is -0.573. The third-order valence-corrected chi connectivity index (χ3v) is 3.31. The number of carbonyl (C=O) groups is 3. The van der Waals surface area contributed by atoms with Crippen molar-refractivity contribution in [3.63, 3.8) is 0 Å². The maximum Gasteiger partial charge on any atom is 0.342 e. The Morgan fingerprint density at radius 1 is 1.00 bits per heavy atom. The Bertz CT molecular complexity index is 777. The summed E-state index contributed by atoms with van der Waals surface area (Å²) in [5, 5.41) is 4.52. The molecule has 0 aliphatic carbocycles. The van der Waals surface area contributed by atoms with Crippen LogP contribution in [0.1, 0.15) is 24.2 Å². The number of para-hydroxylation sites is 2. The van der Waals surface area contributed by atoms with Crippen LogP contribution in [-0.4, -0.2) is 30.6 Å². The van der Waals surface area contributed by atoms with Crippen molar-refractivity contribution < 1.29 is 23.9 Å². The van der Waals surface area contributed by atoms with E-state index in [0.29, 0.717) is 18.0 Å². The maximum absolute atomic E-state index is 12.4. The zero-order chi connectivity index (χ0) is 18.9. The van der Waals surface area contributed by atoms with E-state index < -0.39 is 24.0 Å². The SMILES string of the molecule is CCNC(=O)NC(=O)[C@@H](C)OC(=O)c1ccccc1Oc1ccccc1. The molecule has 0 bridgehead atoms. The van der Waals surface area contributed by atoms with Crippen molar-refractivity contribution in [3.05, 3.63) is 60.2 Å². The molecule has 7 nitrogen and oxygen atoms in total. The number of nitrogens with one attached hydrogen (secondary N) is 2. The zero-order valence-corrected chi connectivity index (χ0v) is 14.5. The van der Waals surface area contributed by atoms with E-state index >= 15 is 0 Å². The van der Waals surface area contributed by atoms with E-state index in [4.69, 9.17) is 9.47 Å². The highest BCUT2D eigenvalue weighted by Gasteiger charge is 2.22. The van der Waals surface area contributed by atoms with Crippen LogP contribution >= 0.6 is 0 Å². The van der Waals surface area contributed by atoms with E-state index in [2.05, 4.69) is 10.6 Å². The highest BCUT2D eigenvalue weighted by molar-refractivity contribution is 5.99. The van der Waals surface area contributed by atoms with Crippen molar-refractivity contribution in [2.24, 2.45) is 0 Å². The van der Waals surface area contributed by atoms with E-state index in [1.54, 1.807) is 37.3 Å². The Balaban J connectivity index is 2.05. The summed E-state index contributed by atoms with van der Waals surface area (Å²) in [6.07, 6.45) is -1.14. The molecule has 7 heteroatoms. The van der Waals surface area contributed by atoms with Gasteiger partial charge in [-0.15, -0.1) is 0 Å². The van der Waals surface area contributed by atoms with Crippen LogP contribution in [0.3, 0.4) is 0 Å². The fraction of sp³-hybridized carbons (Fsp3) is 0.211. The smallest absolute Gasteiger partial charge is 0.342 e. The molecule has 0 aliphatic rings. The molecule has 136 valence electrons. The molecule has 2 aromatic rings. The Morgan fingerprint density at radius 3 is 2.35 bits per heavy atom. The minimum atomic E-state index is -1.14. The second-order valence-corrected chi connectivity index (χ2v) is 5.31. The number of hydrogen-bond acceptors (Lipinski definition) is 5. The summed E-state index contributed by atoms with van der Waals surface area (Å²) in [7, 11) is 0. The number of amides is 3. The number of urea groups is 1. The molecule has 0 aliphatic heterocycles. The van der Waals surface area contributed by atoms with Gasteiger partial charge in [-0.3, -0.25) is 10.1 Å². The third kappa shape index (κ3) is 5.34. The van der Waals surface area contributed by atoms with Gasteiger partial charge >= 0.3 is 12.0 Å². The summed E-state index contributed by atoms with van der Waals surface area (Å²) in [6, 6.07) is 14.9. The number of ether oxygens (including phenoxy) is 2. The number of esters is 1. The van der Waals surface area contributed by atoms with E-state index in [9.17, 15) is 14.4 Å². The lowest BCUT2D eigenvalue weighted by Gasteiger charge is -2.15. The summed E-state index contributed by atoms with van der Waals surface area (Å²) in [5.41, 5.74) is 0.175. The van der Waals surface area contributed by atoms with Crippen LogP contribution in [0.5, 0.6) is 11.5 Å². The van der Waals surface area contributed by atoms with E-state index in [0.717, 1.165) is 0 Å². The van der Waals surface area contributed by atoms with Crippen molar-refractivity contribution in [3.8, 4) is 11.5 Å². The van der Waals surface area contributed by atoms with Gasteiger partial charge < -0.3 is 14.8 Å². The van der Waals surface area contributed by atoms with Gasteiger partial charge in [-0.05, 0) is 38.1 Å². The van der Waals surface area contributed by atoms with Crippen LogP contribution in [0, 0.1) is 0 Å². The molecule has 2 rings (SSSR count). The quantitative estimate of drug-likeness (QED) is 0.776. The topological polar surface area (TPSA) is 93.7 Å². The number of rotatable bonds is 6. The normalized spacial score (nSPS) is 11.2. The first-order chi connectivity index (χ1) is 12.5. The lowest BCUT2D eigenvalue weighted by molar-refractivity contribution is -0.127. The molecule has 0 radical (unpaired) electrons. The van der Waals surface area contributed by atoms with Crippen LogP contribution < -0.4 is 15.4 Å². The third-order valence-electron chi connectivity index (χ3n) is 3.31. The van der Waals surface area contributed by atoms with Crippen molar-refractivity contribution >= 4 is 17.9 Å². The molecule has 0 aromatic heterocycles. The van der Waals surface area contributed by atoms with Gasteiger partial charge in [0, 0.05) is 6.54 Å². The van der Waals surface area contributed by atoms with Crippen molar-refractivity contribution in [1.82, 2.24) is 10.6 Å². The Kier molecular flexibility index (Phi) is 6.73. The molecule has 0 spiro atoms. The predicted octanol–water partition coefficient (Wildman–Crippen LogP) is 2.87. The molecule has 0 heterocycles. The van der Waals surface area contributed by atoms with Crippen molar-refractivity contribution in [2.45, 2.75) is 20.0 Å². The van der Waals surface area contributed by atoms with Gasteiger partial charge in [-0.25, -0.2) is 9.59 Å². The standard InChI is InChI=1S/C19H20N2O5/c1-3-20-19(24)21-17(22)13(2)25-18(23)15-11-7-8-12-16(15)26-14-9-5-4-6-10-14/h4-13H,3H2,1-2H3,(H2,20,21,22,24)/t13-/m1/s1. The Labute approximate surface area is 151 Å². The number of benzene rings is 2. The van der Waals surface area contributed by atoms with E-state index in [1.807, 2.05) is 18.2 Å². The largest absolute Gasteiger partial charge is 0.456 e. The van der Waals surface area contributed by atoms with Gasteiger partial charge in [0.15, 0.2) is 6.10 Å². The van der Waals surface area contributed by atoms with E-state index in [1.165, 1.54) is 13.0 Å². The van der Waals surface area contributed by atoms with Gasteiger partial charge in [0.1, 0.15) is 17.1 Å². The average Bonchev–Trinajstić information content (AvgIpc) is 2.63. The second kappa shape index (κ2) is 9.22. The first kappa shape index (κ1) is 19.0. The van der Waals surface area contributed by atoms with Crippen molar-refractivity contribution in [2.75, 3.05) is 6.54 Å². The highest BCUT2D eigenvalue weighted by Crippen LogP contribution is 2.25. The van der Waals surface area contributed by atoms with E-state index in [-0.39, 0.29) is 5.56 Å². The molecule has 0 unspecified atom stereocenters. The van der Waals surface area contributed by atoms with Crippen LogP contribution in [0.4, 0.5) is 4.79 Å². The molecule has 2 N–H and O–H groups in total. The molecule has 2 aromatic carbocycles. The Hall–Kier alpha value is -3.35. The lowest BCUT2D eigenvalue weighted by Crippen LogP contribution is -2.44. The lowest BCUT2D eigenvalue weighted by atomic mass is 10.2. The predicted molar refractivity (Wildman–Crippen MR) is 95.1 cm³/mol. The number of carbonyl (C=O) groups excluding carboxylic acids is 3. The number of imide groups is 1. The minimum absolute atomic E-state index is 0.175. The summed E-state index contributed by atoms with van der Waals surface area (Å²) < 4.78 is 10.8. The minimum Gasteiger partial charge on any atom is -0.456 e. The Morgan fingerprint density at radius 2 is 1.65 bits per heavy atom. The summed E-state index contributed by atoms with van der Waals surface area (Å²) >= 11 is 0. The van der Waals surface area contributed by atoms with Crippen LogP contribution in [0.2, 0.25) is 0 Å². The zero-order valence-electron chi connectivity index (χ0n) is 14.5. The molecule has 1 atom stereocenters. The first-order valence-electron chi connectivity index (χ1n) is 8.13. The molecule has 3 amide bonds. The molecule has 0 fully saturated rings. The van der Waals surface area contributed by atoms with Crippen molar-refractivity contribution in [1.29, 1.82) is 0 Å². The highest BCUT2D eigenvalue weighted by atomic mass is 16.5. The fourth-order valence-corrected chi connectivity index (χ4v) is 2.04. The number of hydrogen-bond donors (Lipinski definition) is 2. The summed E-state index contributed by atoms with van der Waals surface area (Å²) in [6.45, 7) is 3.47. The van der Waals surface area contributed by atoms with Gasteiger partial charge in [0.2, 0.25) is 0 Å². The molecule has 26 heavy (non-hydrogen) atoms. The first-order valence-corrected chi connectivity index (χ1v) is 8.13. The van der Waals surface area contributed by atoms with Gasteiger partial charge in [0.05, 0.1) is 0 Å². The molecule has 0 saturated heterocycles. The maximum atomic E-state index is 12.4. The van der Waals surface area contributed by atoms with Crippen LogP contribution in [0.15, 0.2) is 54.6 Å². The molecular formula is C19H20N2O5.